The van der Waals surface area contributed by atoms with Crippen LogP contribution in [0.15, 0.2) is 18.3 Å². The van der Waals surface area contributed by atoms with Crippen molar-refractivity contribution in [1.29, 1.82) is 0 Å². The molecule has 2 aliphatic heterocycles. The molecule has 120 valence electrons. The van der Waals surface area contributed by atoms with E-state index in [4.69, 9.17) is 0 Å². The van der Waals surface area contributed by atoms with E-state index >= 15 is 0 Å². The number of anilines is 1. The number of alkyl halides is 3. The van der Waals surface area contributed by atoms with Crippen molar-refractivity contribution >= 4 is 11.5 Å². The van der Waals surface area contributed by atoms with Crippen molar-refractivity contribution in [2.45, 2.75) is 31.1 Å². The molecule has 0 aromatic carbocycles. The molecule has 2 saturated heterocycles. The fraction of sp³-hybridized carbons (Fsp3) is 0.615. The summed E-state index contributed by atoms with van der Waals surface area (Å²) >= 11 is 0. The van der Waals surface area contributed by atoms with Gasteiger partial charge in [-0.15, -0.1) is 0 Å². The zero-order valence-corrected chi connectivity index (χ0v) is 11.7. The Bertz CT molecular complexity index is 567. The monoisotopic (exact) mass is 316 g/mol. The fourth-order valence-corrected chi connectivity index (χ4v) is 3.34. The van der Waals surface area contributed by atoms with E-state index in [1.54, 1.807) is 0 Å². The first kappa shape index (κ1) is 15.0. The van der Waals surface area contributed by atoms with E-state index in [1.165, 1.54) is 23.2 Å². The molecular formula is C13H15F3N4O2. The lowest BCUT2D eigenvalue weighted by Gasteiger charge is -2.41. The Morgan fingerprint density at radius 1 is 1.32 bits per heavy atom. The van der Waals surface area contributed by atoms with E-state index in [2.05, 4.69) is 4.98 Å². The highest BCUT2D eigenvalue weighted by molar-refractivity contribution is 5.47. The van der Waals surface area contributed by atoms with Crippen molar-refractivity contribution in [2.75, 3.05) is 24.5 Å². The highest BCUT2D eigenvalue weighted by Gasteiger charge is 2.45. The van der Waals surface area contributed by atoms with Crippen LogP contribution in [0.1, 0.15) is 12.8 Å². The minimum atomic E-state index is -4.20. The van der Waals surface area contributed by atoms with E-state index < -0.39 is 17.6 Å². The van der Waals surface area contributed by atoms with E-state index in [-0.39, 0.29) is 17.8 Å². The van der Waals surface area contributed by atoms with Gasteiger partial charge in [0.2, 0.25) is 0 Å². The smallest absolute Gasteiger partial charge is 0.353 e. The Morgan fingerprint density at radius 3 is 2.50 bits per heavy atom. The molecule has 2 atom stereocenters. The zero-order valence-electron chi connectivity index (χ0n) is 11.7. The Kier molecular flexibility index (Phi) is 3.67. The van der Waals surface area contributed by atoms with Crippen LogP contribution in [0.4, 0.5) is 24.7 Å². The maximum Gasteiger partial charge on any atom is 0.401 e. The van der Waals surface area contributed by atoms with Crippen LogP contribution in [0.25, 0.3) is 0 Å². The topological polar surface area (TPSA) is 62.5 Å². The Hall–Kier alpha value is -1.90. The van der Waals surface area contributed by atoms with Gasteiger partial charge in [-0.3, -0.25) is 15.0 Å². The van der Waals surface area contributed by atoms with Gasteiger partial charge in [0, 0.05) is 37.4 Å². The number of pyridine rings is 1. The Balaban J connectivity index is 1.75. The lowest BCUT2D eigenvalue weighted by Crippen LogP contribution is -2.56. The third-order valence-electron chi connectivity index (χ3n) is 4.26. The summed E-state index contributed by atoms with van der Waals surface area (Å²) in [5.41, 5.74) is -0.0601. The van der Waals surface area contributed by atoms with Gasteiger partial charge in [-0.25, -0.2) is 4.98 Å². The number of hydrogen-bond acceptors (Lipinski definition) is 5. The summed E-state index contributed by atoms with van der Waals surface area (Å²) in [6.07, 6.45) is -1.41. The van der Waals surface area contributed by atoms with Crippen LogP contribution in [0.2, 0.25) is 0 Å². The van der Waals surface area contributed by atoms with Crippen LogP contribution in [0.5, 0.6) is 0 Å². The predicted molar refractivity (Wildman–Crippen MR) is 72.7 cm³/mol. The van der Waals surface area contributed by atoms with Crippen LogP contribution in [0.3, 0.4) is 0 Å². The molecule has 0 aliphatic carbocycles. The molecule has 0 amide bonds. The lowest BCUT2D eigenvalue weighted by atomic mass is 10.2. The van der Waals surface area contributed by atoms with Gasteiger partial charge in [0.25, 0.3) is 5.69 Å². The summed E-state index contributed by atoms with van der Waals surface area (Å²) in [4.78, 5) is 17.8. The summed E-state index contributed by atoms with van der Waals surface area (Å²) in [7, 11) is 0. The largest absolute Gasteiger partial charge is 0.401 e. The number of hydrogen-bond donors (Lipinski definition) is 0. The normalized spacial score (nSPS) is 25.5. The molecule has 6 nitrogen and oxygen atoms in total. The third kappa shape index (κ3) is 2.99. The summed E-state index contributed by atoms with van der Waals surface area (Å²) in [6.45, 7) is -0.0555. The first-order chi connectivity index (χ1) is 10.3. The van der Waals surface area contributed by atoms with E-state index in [1.807, 2.05) is 4.90 Å². The zero-order chi connectivity index (χ0) is 15.9. The number of nitrogens with zero attached hydrogens (tertiary/aromatic N) is 4. The van der Waals surface area contributed by atoms with Crippen molar-refractivity contribution in [3.8, 4) is 0 Å². The van der Waals surface area contributed by atoms with E-state index in [0.717, 1.165) is 0 Å². The molecule has 3 heterocycles. The second kappa shape index (κ2) is 5.38. The third-order valence-corrected chi connectivity index (χ3v) is 4.26. The lowest BCUT2D eigenvalue weighted by molar-refractivity contribution is -0.384. The van der Waals surface area contributed by atoms with E-state index in [9.17, 15) is 23.3 Å². The number of nitro groups is 1. The van der Waals surface area contributed by atoms with Crippen molar-refractivity contribution in [3.05, 3.63) is 28.4 Å². The van der Waals surface area contributed by atoms with Gasteiger partial charge in [0.15, 0.2) is 0 Å². The molecule has 0 N–H and O–H groups in total. The number of aromatic nitrogens is 1. The molecule has 2 aliphatic rings. The maximum absolute atomic E-state index is 12.6. The molecule has 3 rings (SSSR count). The molecule has 22 heavy (non-hydrogen) atoms. The molecule has 0 saturated carbocycles. The summed E-state index contributed by atoms with van der Waals surface area (Å²) in [5.74, 6) is 0.456. The minimum absolute atomic E-state index is 0.0601. The summed E-state index contributed by atoms with van der Waals surface area (Å²) in [6, 6.07) is 2.32. The van der Waals surface area contributed by atoms with Gasteiger partial charge in [-0.2, -0.15) is 13.2 Å². The van der Waals surface area contributed by atoms with Crippen LogP contribution < -0.4 is 4.90 Å². The van der Waals surface area contributed by atoms with Crippen LogP contribution in [0, 0.1) is 10.1 Å². The fourth-order valence-electron chi connectivity index (χ4n) is 3.34. The van der Waals surface area contributed by atoms with Gasteiger partial charge >= 0.3 is 6.18 Å². The van der Waals surface area contributed by atoms with E-state index in [0.29, 0.717) is 31.7 Å². The molecule has 9 heteroatoms. The summed E-state index contributed by atoms with van der Waals surface area (Å²) in [5, 5.41) is 10.8. The SMILES string of the molecule is O=[N+]([O-])c1ccnc(N2CC3CCC(C2)N3CC(F)(F)F)c1. The highest BCUT2D eigenvalue weighted by Crippen LogP contribution is 2.34. The molecule has 2 unspecified atom stereocenters. The average molecular weight is 316 g/mol. The molecule has 2 bridgehead atoms. The van der Waals surface area contributed by atoms with Crippen molar-refractivity contribution in [3.63, 3.8) is 0 Å². The van der Waals surface area contributed by atoms with Crippen LogP contribution in [-0.2, 0) is 0 Å². The minimum Gasteiger partial charge on any atom is -0.353 e. The van der Waals surface area contributed by atoms with Crippen LogP contribution in [-0.4, -0.2) is 52.7 Å². The first-order valence-corrected chi connectivity index (χ1v) is 7.01. The second-order valence-corrected chi connectivity index (χ2v) is 5.71. The Labute approximate surface area is 124 Å². The van der Waals surface area contributed by atoms with Crippen molar-refractivity contribution in [2.24, 2.45) is 0 Å². The van der Waals surface area contributed by atoms with Crippen molar-refractivity contribution in [1.82, 2.24) is 9.88 Å². The van der Waals surface area contributed by atoms with Gasteiger partial charge in [0.1, 0.15) is 5.82 Å². The van der Waals surface area contributed by atoms with Gasteiger partial charge < -0.3 is 4.90 Å². The molecule has 1 aromatic rings. The van der Waals surface area contributed by atoms with Gasteiger partial charge in [-0.05, 0) is 12.8 Å². The maximum atomic E-state index is 12.6. The van der Waals surface area contributed by atoms with Crippen LogP contribution >= 0.6 is 0 Å². The quantitative estimate of drug-likeness (QED) is 0.632. The molecule has 2 fully saturated rings. The summed E-state index contributed by atoms with van der Waals surface area (Å²) < 4.78 is 37.9. The molecular weight excluding hydrogens is 301 g/mol. The number of halogens is 3. The number of fused-ring (bicyclic) bond motifs is 2. The molecule has 0 spiro atoms. The van der Waals surface area contributed by atoms with Gasteiger partial charge in [-0.1, -0.05) is 0 Å². The van der Waals surface area contributed by atoms with Gasteiger partial charge in [0.05, 0.1) is 17.5 Å². The van der Waals surface area contributed by atoms with Crippen molar-refractivity contribution < 1.29 is 18.1 Å². The second-order valence-electron chi connectivity index (χ2n) is 5.71. The first-order valence-electron chi connectivity index (χ1n) is 7.01. The average Bonchev–Trinajstić information content (AvgIpc) is 2.68. The highest BCUT2D eigenvalue weighted by atomic mass is 19.4. The molecule has 1 aromatic heterocycles. The standard InChI is InChI=1S/C13H15F3N4O2/c14-13(15,16)8-19-10-1-2-11(19)7-18(6-10)12-5-9(20(21)22)3-4-17-12/h3-5,10-11H,1-2,6-8H2. The number of rotatable bonds is 3. The predicted octanol–water partition coefficient (Wildman–Crippen LogP) is 2.21. The number of piperazine rings is 1. The Morgan fingerprint density at radius 2 is 1.95 bits per heavy atom. The molecule has 0 radical (unpaired) electrons.